The van der Waals surface area contributed by atoms with Gasteiger partial charge in [0.25, 0.3) is 0 Å². The van der Waals surface area contributed by atoms with Crippen LogP contribution < -0.4 is 10.6 Å². The molecule has 2 amide bonds. The van der Waals surface area contributed by atoms with Gasteiger partial charge in [-0.1, -0.05) is 26.1 Å². The monoisotopic (exact) mass is 242 g/mol. The van der Waals surface area contributed by atoms with Crippen LogP contribution in [0.25, 0.3) is 0 Å². The molecule has 4 heteroatoms. The first-order valence-electron chi connectivity index (χ1n) is 5.99. The summed E-state index contributed by atoms with van der Waals surface area (Å²) in [7, 11) is 0. The standard InChI is InChI=1S/C12H22N2OS/c1-9(2)10-4-6-12(3,7-5-10)14-11(15)13-8-16/h8-10H,4-7H2,1-3H3,(H2,13,14,15,16). The summed E-state index contributed by atoms with van der Waals surface area (Å²) in [6.45, 7) is 6.67. The molecule has 1 aliphatic rings. The van der Waals surface area contributed by atoms with Crippen LogP contribution in [0.4, 0.5) is 4.79 Å². The average molecular weight is 242 g/mol. The summed E-state index contributed by atoms with van der Waals surface area (Å²) >= 11 is 4.59. The summed E-state index contributed by atoms with van der Waals surface area (Å²) in [5.41, 5.74) is 1.19. The summed E-state index contributed by atoms with van der Waals surface area (Å²) in [5, 5.41) is 5.50. The number of thiocarbonyl (C=S) groups is 1. The Labute approximate surface area is 103 Å². The van der Waals surface area contributed by atoms with Crippen molar-refractivity contribution in [3.63, 3.8) is 0 Å². The molecule has 0 aromatic heterocycles. The van der Waals surface area contributed by atoms with Crippen LogP contribution in [0.15, 0.2) is 0 Å². The highest BCUT2D eigenvalue weighted by atomic mass is 32.1. The Morgan fingerprint density at radius 2 is 2.00 bits per heavy atom. The molecule has 1 fully saturated rings. The molecule has 0 aliphatic heterocycles. The number of carbonyl (C=O) groups is 1. The molecule has 1 aliphatic carbocycles. The number of nitrogens with one attached hydrogen (secondary N) is 2. The van der Waals surface area contributed by atoms with E-state index in [9.17, 15) is 4.79 Å². The molecule has 2 N–H and O–H groups in total. The van der Waals surface area contributed by atoms with Crippen molar-refractivity contribution in [2.24, 2.45) is 11.8 Å². The van der Waals surface area contributed by atoms with Crippen LogP contribution in [-0.4, -0.2) is 17.1 Å². The lowest BCUT2D eigenvalue weighted by Gasteiger charge is -2.39. The molecule has 0 spiro atoms. The maximum atomic E-state index is 11.4. The minimum absolute atomic E-state index is 0.0617. The van der Waals surface area contributed by atoms with Crippen LogP contribution in [0.3, 0.4) is 0 Å². The molecule has 0 aromatic rings. The molecule has 0 radical (unpaired) electrons. The number of hydrogen-bond donors (Lipinski definition) is 2. The van der Waals surface area contributed by atoms with Crippen LogP contribution in [0.1, 0.15) is 46.5 Å². The second-order valence-corrected chi connectivity index (χ2v) is 5.59. The van der Waals surface area contributed by atoms with Gasteiger partial charge in [0.1, 0.15) is 0 Å². The third kappa shape index (κ3) is 3.74. The molecule has 1 rings (SSSR count). The Morgan fingerprint density at radius 3 is 2.44 bits per heavy atom. The molecule has 16 heavy (non-hydrogen) atoms. The number of rotatable bonds is 3. The summed E-state index contributed by atoms with van der Waals surface area (Å²) < 4.78 is 0. The van der Waals surface area contributed by atoms with Crippen molar-refractivity contribution in [1.82, 2.24) is 10.6 Å². The predicted octanol–water partition coefficient (Wildman–Crippen LogP) is 2.85. The van der Waals surface area contributed by atoms with Gasteiger partial charge in [-0.15, -0.1) is 0 Å². The van der Waals surface area contributed by atoms with Crippen molar-refractivity contribution < 1.29 is 4.79 Å². The van der Waals surface area contributed by atoms with Crippen molar-refractivity contribution >= 4 is 23.7 Å². The van der Waals surface area contributed by atoms with Crippen LogP contribution in [0.2, 0.25) is 0 Å². The Kier molecular flexibility index (Phi) is 4.71. The number of amides is 2. The van der Waals surface area contributed by atoms with Gasteiger partial charge >= 0.3 is 6.03 Å². The van der Waals surface area contributed by atoms with E-state index in [4.69, 9.17) is 0 Å². The first-order valence-corrected chi connectivity index (χ1v) is 6.46. The number of urea groups is 1. The highest BCUT2D eigenvalue weighted by molar-refractivity contribution is 7.78. The van der Waals surface area contributed by atoms with E-state index in [0.717, 1.165) is 24.7 Å². The molecule has 0 aromatic carbocycles. The zero-order valence-corrected chi connectivity index (χ0v) is 11.2. The largest absolute Gasteiger partial charge is 0.333 e. The third-order valence-electron chi connectivity index (χ3n) is 3.68. The summed E-state index contributed by atoms with van der Waals surface area (Å²) in [6, 6.07) is -0.180. The van der Waals surface area contributed by atoms with E-state index in [0.29, 0.717) is 0 Å². The SMILES string of the molecule is CC(C)C1CCC(C)(NC(=O)NC=S)CC1. The Bertz CT molecular complexity index is 258. The van der Waals surface area contributed by atoms with E-state index < -0.39 is 0 Å². The molecule has 92 valence electrons. The molecule has 0 atom stereocenters. The fourth-order valence-corrected chi connectivity index (χ4v) is 2.54. The Balaban J connectivity index is 2.43. The molecular formula is C12H22N2OS. The molecule has 3 nitrogen and oxygen atoms in total. The van der Waals surface area contributed by atoms with Gasteiger partial charge in [-0.25, -0.2) is 4.79 Å². The topological polar surface area (TPSA) is 41.1 Å². The molecule has 1 saturated carbocycles. The highest BCUT2D eigenvalue weighted by Gasteiger charge is 2.33. The van der Waals surface area contributed by atoms with E-state index in [2.05, 4.69) is 43.6 Å². The van der Waals surface area contributed by atoms with E-state index in [1.165, 1.54) is 18.3 Å². The van der Waals surface area contributed by atoms with Gasteiger partial charge in [-0.05, 0) is 44.4 Å². The molecule has 0 unspecified atom stereocenters. The molecule has 0 bridgehead atoms. The summed E-state index contributed by atoms with van der Waals surface area (Å²) in [4.78, 5) is 11.4. The fraction of sp³-hybridized carbons (Fsp3) is 0.833. The van der Waals surface area contributed by atoms with Gasteiger partial charge in [-0.2, -0.15) is 0 Å². The minimum Gasteiger partial charge on any atom is -0.333 e. The molecule has 0 heterocycles. The normalized spacial score (nSPS) is 29.9. The van der Waals surface area contributed by atoms with Gasteiger partial charge in [0.2, 0.25) is 0 Å². The Hall–Kier alpha value is -0.640. The van der Waals surface area contributed by atoms with Crippen LogP contribution in [0, 0.1) is 11.8 Å². The number of hydrogen-bond acceptors (Lipinski definition) is 2. The smallest absolute Gasteiger partial charge is 0.319 e. The maximum absolute atomic E-state index is 11.4. The van der Waals surface area contributed by atoms with Crippen LogP contribution in [0.5, 0.6) is 0 Å². The minimum atomic E-state index is -0.180. The fourth-order valence-electron chi connectivity index (χ4n) is 2.43. The molecular weight excluding hydrogens is 220 g/mol. The highest BCUT2D eigenvalue weighted by Crippen LogP contribution is 2.35. The van der Waals surface area contributed by atoms with Gasteiger partial charge in [-0.3, -0.25) is 0 Å². The van der Waals surface area contributed by atoms with Crippen LogP contribution in [-0.2, 0) is 0 Å². The van der Waals surface area contributed by atoms with Crippen molar-refractivity contribution in [3.05, 3.63) is 0 Å². The quantitative estimate of drug-likeness (QED) is 0.747. The van der Waals surface area contributed by atoms with E-state index in [1.807, 2.05) is 0 Å². The lowest BCUT2D eigenvalue weighted by atomic mass is 9.74. The second kappa shape index (κ2) is 5.62. The summed E-state index contributed by atoms with van der Waals surface area (Å²) in [5.74, 6) is 1.56. The van der Waals surface area contributed by atoms with Gasteiger partial charge in [0.15, 0.2) is 0 Å². The van der Waals surface area contributed by atoms with E-state index in [-0.39, 0.29) is 11.6 Å². The van der Waals surface area contributed by atoms with E-state index in [1.54, 1.807) is 0 Å². The van der Waals surface area contributed by atoms with Crippen molar-refractivity contribution in [2.75, 3.05) is 0 Å². The average Bonchev–Trinajstić information content (AvgIpc) is 2.17. The first-order chi connectivity index (χ1) is 7.47. The molecule has 0 saturated heterocycles. The predicted molar refractivity (Wildman–Crippen MR) is 70.5 cm³/mol. The van der Waals surface area contributed by atoms with Crippen LogP contribution >= 0.6 is 12.2 Å². The lowest BCUT2D eigenvalue weighted by molar-refractivity contribution is 0.173. The van der Waals surface area contributed by atoms with E-state index >= 15 is 0 Å². The van der Waals surface area contributed by atoms with Crippen molar-refractivity contribution in [1.29, 1.82) is 0 Å². The third-order valence-corrected chi connectivity index (χ3v) is 3.80. The van der Waals surface area contributed by atoms with Gasteiger partial charge in [0.05, 0.1) is 5.49 Å². The number of carbonyl (C=O) groups excluding carboxylic acids is 1. The van der Waals surface area contributed by atoms with Crippen molar-refractivity contribution in [2.45, 2.75) is 52.0 Å². The van der Waals surface area contributed by atoms with Gasteiger partial charge in [0, 0.05) is 5.54 Å². The van der Waals surface area contributed by atoms with Crippen molar-refractivity contribution in [3.8, 4) is 0 Å². The van der Waals surface area contributed by atoms with Gasteiger partial charge < -0.3 is 10.6 Å². The lowest BCUT2D eigenvalue weighted by Crippen LogP contribution is -2.51. The summed E-state index contributed by atoms with van der Waals surface area (Å²) in [6.07, 6.45) is 4.51. The Morgan fingerprint density at radius 1 is 1.44 bits per heavy atom. The zero-order chi connectivity index (χ0) is 12.2. The zero-order valence-electron chi connectivity index (χ0n) is 10.4. The first kappa shape index (κ1) is 13.4. The second-order valence-electron chi connectivity index (χ2n) is 5.36. The maximum Gasteiger partial charge on any atom is 0.319 e.